The highest BCUT2D eigenvalue weighted by Crippen LogP contribution is 2.26. The van der Waals surface area contributed by atoms with Gasteiger partial charge in [-0.1, -0.05) is 24.3 Å². The lowest BCUT2D eigenvalue weighted by molar-refractivity contribution is -0.384. The van der Waals surface area contributed by atoms with Gasteiger partial charge in [-0.2, -0.15) is 4.98 Å². The maximum atomic E-state index is 11.4. The molecule has 10 nitrogen and oxygen atoms in total. The second-order valence-electron chi connectivity index (χ2n) is 6.53. The number of carboxylic acids is 1. The van der Waals surface area contributed by atoms with Crippen molar-refractivity contribution in [3.63, 3.8) is 0 Å². The zero-order valence-corrected chi connectivity index (χ0v) is 16.0. The monoisotopic (exact) mass is 416 g/mol. The lowest BCUT2D eigenvalue weighted by Crippen LogP contribution is -2.08. The molecule has 2 aromatic carbocycles. The van der Waals surface area contributed by atoms with Gasteiger partial charge in [0.05, 0.1) is 22.7 Å². The van der Waals surface area contributed by atoms with Gasteiger partial charge in [0, 0.05) is 11.9 Å². The van der Waals surface area contributed by atoms with Crippen LogP contribution >= 0.6 is 0 Å². The summed E-state index contributed by atoms with van der Waals surface area (Å²) in [6, 6.07) is 15.5. The molecule has 0 bridgehead atoms. The van der Waals surface area contributed by atoms with Gasteiger partial charge in [-0.05, 0) is 41.1 Å². The number of carboxylic acid groups (broad SMARTS) is 1. The first-order valence-corrected chi connectivity index (χ1v) is 9.19. The van der Waals surface area contributed by atoms with E-state index in [1.807, 2.05) is 6.07 Å². The second-order valence-corrected chi connectivity index (χ2v) is 6.53. The number of rotatable bonds is 7. The molecule has 2 aromatic heterocycles. The minimum absolute atomic E-state index is 0.0575. The number of nitro groups is 1. The Hall–Kier alpha value is -4.60. The Morgan fingerprint density at radius 3 is 2.71 bits per heavy atom. The molecule has 0 saturated heterocycles. The number of pyridine rings is 1. The average Bonchev–Trinajstić information content (AvgIpc) is 2.77. The van der Waals surface area contributed by atoms with Crippen LogP contribution in [0.3, 0.4) is 0 Å². The van der Waals surface area contributed by atoms with E-state index in [0.29, 0.717) is 16.8 Å². The number of nitrogens with one attached hydrogen (secondary N) is 2. The molecule has 4 aromatic rings. The van der Waals surface area contributed by atoms with Crippen molar-refractivity contribution in [1.29, 1.82) is 0 Å². The fourth-order valence-electron chi connectivity index (χ4n) is 3.05. The van der Waals surface area contributed by atoms with E-state index in [2.05, 4.69) is 25.6 Å². The zero-order valence-electron chi connectivity index (χ0n) is 16.0. The molecule has 0 fully saturated rings. The van der Waals surface area contributed by atoms with E-state index in [1.54, 1.807) is 48.7 Å². The van der Waals surface area contributed by atoms with E-state index >= 15 is 0 Å². The Labute approximate surface area is 175 Å². The van der Waals surface area contributed by atoms with Crippen LogP contribution in [0, 0.1) is 10.1 Å². The van der Waals surface area contributed by atoms with Crippen molar-refractivity contribution in [1.82, 2.24) is 15.0 Å². The third kappa shape index (κ3) is 4.37. The number of hydrogen-bond donors (Lipinski definition) is 3. The summed E-state index contributed by atoms with van der Waals surface area (Å²) in [7, 11) is 0. The highest BCUT2D eigenvalue weighted by molar-refractivity contribution is 6.04. The minimum atomic E-state index is -1.01. The Balaban J connectivity index is 1.61. The van der Waals surface area contributed by atoms with Crippen molar-refractivity contribution >= 4 is 39.9 Å². The van der Waals surface area contributed by atoms with Gasteiger partial charge in [0.1, 0.15) is 6.20 Å². The Morgan fingerprint density at radius 1 is 1.10 bits per heavy atom. The number of nitrogens with zero attached hydrogens (tertiary/aromatic N) is 4. The average molecular weight is 416 g/mol. The highest BCUT2D eigenvalue weighted by Gasteiger charge is 2.17. The van der Waals surface area contributed by atoms with Crippen LogP contribution in [-0.2, 0) is 6.54 Å². The first kappa shape index (κ1) is 19.7. The summed E-state index contributed by atoms with van der Waals surface area (Å²) >= 11 is 0. The molecule has 0 aliphatic carbocycles. The fourth-order valence-corrected chi connectivity index (χ4v) is 3.05. The van der Waals surface area contributed by atoms with E-state index < -0.39 is 10.9 Å². The van der Waals surface area contributed by atoms with Crippen molar-refractivity contribution in [2.24, 2.45) is 0 Å². The van der Waals surface area contributed by atoms with Crippen LogP contribution in [0.2, 0.25) is 0 Å². The summed E-state index contributed by atoms with van der Waals surface area (Å²) < 4.78 is 0. The van der Waals surface area contributed by atoms with E-state index in [0.717, 1.165) is 11.6 Å². The van der Waals surface area contributed by atoms with E-state index in [1.165, 1.54) is 6.07 Å². The molecule has 0 radical (unpaired) electrons. The minimum Gasteiger partial charge on any atom is -0.478 e. The molecule has 31 heavy (non-hydrogen) atoms. The summed E-state index contributed by atoms with van der Waals surface area (Å²) in [5, 5.41) is 27.9. The van der Waals surface area contributed by atoms with Crippen LogP contribution in [0.1, 0.15) is 16.1 Å². The molecule has 0 spiro atoms. The molecule has 0 amide bonds. The molecule has 0 aliphatic heterocycles. The fraction of sp³-hybridized carbons (Fsp3) is 0.0476. The largest absolute Gasteiger partial charge is 0.478 e. The molecule has 3 N–H and O–H groups in total. The molecule has 2 heterocycles. The zero-order chi connectivity index (χ0) is 21.8. The molecular weight excluding hydrogens is 400 g/mol. The lowest BCUT2D eigenvalue weighted by Gasteiger charge is -2.10. The first-order valence-electron chi connectivity index (χ1n) is 9.19. The van der Waals surface area contributed by atoms with Crippen LogP contribution in [-0.4, -0.2) is 31.0 Å². The summed E-state index contributed by atoms with van der Waals surface area (Å²) in [4.78, 5) is 34.6. The van der Waals surface area contributed by atoms with Crippen molar-refractivity contribution in [2.75, 3.05) is 10.6 Å². The van der Waals surface area contributed by atoms with Crippen LogP contribution < -0.4 is 10.6 Å². The van der Waals surface area contributed by atoms with Crippen LogP contribution in [0.4, 0.5) is 23.1 Å². The highest BCUT2D eigenvalue weighted by atomic mass is 16.6. The molecule has 0 unspecified atom stereocenters. The van der Waals surface area contributed by atoms with Crippen LogP contribution in [0.5, 0.6) is 0 Å². The molecule has 0 atom stereocenters. The Morgan fingerprint density at radius 2 is 1.97 bits per heavy atom. The molecule has 4 rings (SSSR count). The van der Waals surface area contributed by atoms with Crippen LogP contribution in [0.15, 0.2) is 67.0 Å². The lowest BCUT2D eigenvalue weighted by atomic mass is 10.0. The number of hydrogen-bond acceptors (Lipinski definition) is 8. The summed E-state index contributed by atoms with van der Waals surface area (Å²) in [6.45, 7) is 0.256. The molecule has 10 heteroatoms. The third-order valence-electron chi connectivity index (χ3n) is 4.50. The van der Waals surface area contributed by atoms with Gasteiger partial charge in [0.15, 0.2) is 0 Å². The van der Waals surface area contributed by atoms with Gasteiger partial charge < -0.3 is 15.7 Å². The SMILES string of the molecule is O=C(O)c1cccc2cc(Nc3ncc([N+](=O)[O-])c(NCc4ccccn4)n3)ccc12. The van der Waals surface area contributed by atoms with Gasteiger partial charge in [0.25, 0.3) is 0 Å². The number of fused-ring (bicyclic) bond motifs is 1. The van der Waals surface area contributed by atoms with E-state index in [4.69, 9.17) is 0 Å². The van der Waals surface area contributed by atoms with Crippen molar-refractivity contribution < 1.29 is 14.8 Å². The van der Waals surface area contributed by atoms with Crippen molar-refractivity contribution in [3.05, 3.63) is 88.4 Å². The standard InChI is InChI=1S/C21H16N6O4/c28-20(29)17-6-3-4-13-10-14(7-8-16(13)17)25-21-24-12-18(27(30)31)19(26-21)23-11-15-5-1-2-9-22-15/h1-10,12H,11H2,(H,28,29)(H2,23,24,25,26). The number of carbonyl (C=O) groups is 1. The third-order valence-corrected chi connectivity index (χ3v) is 4.50. The molecule has 0 aliphatic rings. The van der Waals surface area contributed by atoms with Gasteiger partial charge >= 0.3 is 11.7 Å². The molecule has 154 valence electrons. The normalized spacial score (nSPS) is 10.6. The maximum absolute atomic E-state index is 11.4. The van der Waals surface area contributed by atoms with Crippen molar-refractivity contribution in [3.8, 4) is 0 Å². The van der Waals surface area contributed by atoms with Gasteiger partial charge in [-0.3, -0.25) is 15.1 Å². The molecular formula is C21H16N6O4. The van der Waals surface area contributed by atoms with E-state index in [9.17, 15) is 20.0 Å². The summed E-state index contributed by atoms with van der Waals surface area (Å²) in [5.41, 5.74) is 1.26. The van der Waals surface area contributed by atoms with Crippen molar-refractivity contribution in [2.45, 2.75) is 6.54 Å². The van der Waals surface area contributed by atoms with Crippen LogP contribution in [0.25, 0.3) is 10.8 Å². The Bertz CT molecular complexity index is 1280. The summed E-state index contributed by atoms with van der Waals surface area (Å²) in [5.74, 6) is -0.793. The number of benzene rings is 2. The number of aromatic nitrogens is 3. The smallest absolute Gasteiger partial charge is 0.336 e. The molecule has 0 saturated carbocycles. The predicted octanol–water partition coefficient (Wildman–Crippen LogP) is 3.99. The quantitative estimate of drug-likeness (QED) is 0.301. The summed E-state index contributed by atoms with van der Waals surface area (Å²) in [6.07, 6.45) is 2.76. The van der Waals surface area contributed by atoms with Gasteiger partial charge in [0.2, 0.25) is 11.8 Å². The number of aromatic carboxylic acids is 1. The maximum Gasteiger partial charge on any atom is 0.336 e. The predicted molar refractivity (Wildman–Crippen MR) is 114 cm³/mol. The van der Waals surface area contributed by atoms with E-state index in [-0.39, 0.29) is 29.6 Å². The van der Waals surface area contributed by atoms with Gasteiger partial charge in [-0.15, -0.1) is 0 Å². The second kappa shape index (κ2) is 8.41. The first-order chi connectivity index (χ1) is 15.0. The Kier molecular flexibility index (Phi) is 5.35. The van der Waals surface area contributed by atoms with Gasteiger partial charge in [-0.25, -0.2) is 9.78 Å². The number of anilines is 3. The topological polar surface area (TPSA) is 143 Å².